The number of hydrogen-bond donors (Lipinski definition) is 2. The van der Waals surface area contributed by atoms with E-state index in [0.29, 0.717) is 6.54 Å². The molecule has 0 bridgehead atoms. The quantitative estimate of drug-likeness (QED) is 0.773. The highest BCUT2D eigenvalue weighted by Gasteiger charge is 2.39. The van der Waals surface area contributed by atoms with Crippen LogP contribution < -0.4 is 10.1 Å². The number of carboxylic acid groups (broad SMARTS) is 1. The zero-order valence-corrected chi connectivity index (χ0v) is 14.4. The first-order chi connectivity index (χ1) is 12.1. The molecule has 1 aromatic heterocycles. The molecular weight excluding hydrogens is 320 g/mol. The fourth-order valence-corrected chi connectivity index (χ4v) is 3.77. The highest BCUT2D eigenvalue weighted by atomic mass is 16.5. The van der Waals surface area contributed by atoms with Crippen molar-refractivity contribution in [2.45, 2.75) is 37.5 Å². The number of pyridine rings is 1. The number of rotatable bonds is 6. The summed E-state index contributed by atoms with van der Waals surface area (Å²) in [5.74, 6) is -1.70. The summed E-state index contributed by atoms with van der Waals surface area (Å²) < 4.78 is 5.32. The lowest BCUT2D eigenvalue weighted by molar-refractivity contribution is -0.145. The van der Waals surface area contributed by atoms with E-state index in [4.69, 9.17) is 9.84 Å². The van der Waals surface area contributed by atoms with Gasteiger partial charge in [0.25, 0.3) is 0 Å². The van der Waals surface area contributed by atoms with Gasteiger partial charge >= 0.3 is 5.97 Å². The molecular formula is C19H24N2O4. The first kappa shape index (κ1) is 17.5. The number of amides is 1. The van der Waals surface area contributed by atoms with Crippen LogP contribution in [0, 0.1) is 11.8 Å². The van der Waals surface area contributed by atoms with Crippen LogP contribution in [0.25, 0.3) is 0 Å². The first-order valence-electron chi connectivity index (χ1n) is 8.75. The Morgan fingerprint density at radius 3 is 2.60 bits per heavy atom. The number of aliphatic carboxylic acids is 1. The molecule has 0 aromatic carbocycles. The molecule has 0 radical (unpaired) electrons. The Morgan fingerprint density at radius 1 is 1.28 bits per heavy atom. The van der Waals surface area contributed by atoms with E-state index in [-0.39, 0.29) is 11.3 Å². The molecule has 1 heterocycles. The minimum atomic E-state index is -0.954. The highest BCUT2D eigenvalue weighted by Crippen LogP contribution is 2.39. The maximum atomic E-state index is 12.4. The number of nitrogens with one attached hydrogen (secondary N) is 1. The molecule has 1 amide bonds. The van der Waals surface area contributed by atoms with Gasteiger partial charge in [-0.2, -0.15) is 0 Å². The Balaban J connectivity index is 1.74. The molecule has 0 saturated heterocycles. The fourth-order valence-electron chi connectivity index (χ4n) is 3.77. The predicted octanol–water partition coefficient (Wildman–Crippen LogP) is 2.30. The van der Waals surface area contributed by atoms with Crippen LogP contribution >= 0.6 is 0 Å². The van der Waals surface area contributed by atoms with E-state index in [0.717, 1.165) is 37.1 Å². The summed E-state index contributed by atoms with van der Waals surface area (Å²) in [5, 5.41) is 12.1. The molecule has 2 aliphatic rings. The molecule has 0 unspecified atom stereocenters. The van der Waals surface area contributed by atoms with E-state index in [1.165, 1.54) is 6.42 Å². The van der Waals surface area contributed by atoms with E-state index in [9.17, 15) is 9.59 Å². The van der Waals surface area contributed by atoms with E-state index >= 15 is 0 Å². The third-order valence-corrected chi connectivity index (χ3v) is 5.42. The lowest BCUT2D eigenvalue weighted by Crippen LogP contribution is -2.47. The molecule has 1 saturated carbocycles. The predicted molar refractivity (Wildman–Crippen MR) is 92.3 cm³/mol. The van der Waals surface area contributed by atoms with Gasteiger partial charge in [0.2, 0.25) is 5.91 Å². The smallest absolute Gasteiger partial charge is 0.311 e. The molecule has 3 rings (SSSR count). The summed E-state index contributed by atoms with van der Waals surface area (Å²) in [6.45, 7) is 0.475. The van der Waals surface area contributed by atoms with Gasteiger partial charge in [-0.1, -0.05) is 31.4 Å². The van der Waals surface area contributed by atoms with Gasteiger partial charge in [-0.15, -0.1) is 0 Å². The second-order valence-corrected chi connectivity index (χ2v) is 6.91. The highest BCUT2D eigenvalue weighted by molar-refractivity contribution is 5.89. The van der Waals surface area contributed by atoms with E-state index < -0.39 is 17.8 Å². The van der Waals surface area contributed by atoms with Crippen molar-refractivity contribution in [2.24, 2.45) is 11.8 Å². The number of methoxy groups -OCH3 is 1. The number of nitrogens with zero attached hydrogens (tertiary/aromatic N) is 1. The molecule has 1 aromatic rings. The zero-order valence-electron chi connectivity index (χ0n) is 14.4. The molecule has 25 heavy (non-hydrogen) atoms. The minimum absolute atomic E-state index is 0.214. The van der Waals surface area contributed by atoms with Crippen LogP contribution in [-0.2, 0) is 15.0 Å². The lowest BCUT2D eigenvalue weighted by Gasteiger charge is -2.38. The second kappa shape index (κ2) is 7.25. The van der Waals surface area contributed by atoms with Gasteiger partial charge in [0.15, 0.2) is 0 Å². The summed E-state index contributed by atoms with van der Waals surface area (Å²) in [7, 11) is 1.63. The third-order valence-electron chi connectivity index (χ3n) is 5.42. The van der Waals surface area contributed by atoms with E-state index in [1.807, 2.05) is 12.1 Å². The van der Waals surface area contributed by atoms with Crippen molar-refractivity contribution in [1.82, 2.24) is 10.3 Å². The van der Waals surface area contributed by atoms with Gasteiger partial charge in [-0.05, 0) is 18.9 Å². The topological polar surface area (TPSA) is 88.5 Å². The second-order valence-electron chi connectivity index (χ2n) is 6.91. The summed E-state index contributed by atoms with van der Waals surface area (Å²) in [5.41, 5.74) is 0.722. The summed E-state index contributed by atoms with van der Waals surface area (Å²) in [6, 6.07) is 3.76. The van der Waals surface area contributed by atoms with Gasteiger partial charge in [0.1, 0.15) is 5.75 Å². The van der Waals surface area contributed by atoms with Crippen LogP contribution in [0.2, 0.25) is 0 Å². The molecule has 1 fully saturated rings. The average Bonchev–Trinajstić information content (AvgIpc) is 2.59. The van der Waals surface area contributed by atoms with Crippen molar-refractivity contribution in [3.8, 4) is 5.75 Å². The lowest BCUT2D eigenvalue weighted by atomic mass is 9.71. The number of aromatic nitrogens is 1. The number of hydrogen-bond acceptors (Lipinski definition) is 4. The summed E-state index contributed by atoms with van der Waals surface area (Å²) in [4.78, 5) is 28.1. The van der Waals surface area contributed by atoms with Crippen molar-refractivity contribution in [3.05, 3.63) is 36.2 Å². The fraction of sp³-hybridized carbons (Fsp3) is 0.526. The van der Waals surface area contributed by atoms with Crippen molar-refractivity contribution in [2.75, 3.05) is 13.7 Å². The Kier molecular flexibility index (Phi) is 5.06. The van der Waals surface area contributed by atoms with Crippen LogP contribution in [0.4, 0.5) is 0 Å². The van der Waals surface area contributed by atoms with Crippen molar-refractivity contribution in [3.63, 3.8) is 0 Å². The number of carbonyl (C=O) groups is 2. The normalized spacial score (nSPS) is 24.2. The molecule has 134 valence electrons. The monoisotopic (exact) mass is 344 g/mol. The standard InChI is InChI=1S/C19H24N2O4/c1-25-13-7-10-20-16(11-13)19(8-3-2-4-9-19)12-21-17(22)14-5-6-15(14)18(23)24/h5-7,10-11,14-15H,2-4,8-9,12H2,1H3,(H,21,22)(H,23,24)/t14-,15+/m1/s1. The van der Waals surface area contributed by atoms with Crippen molar-refractivity contribution in [1.29, 1.82) is 0 Å². The molecule has 6 nitrogen and oxygen atoms in total. The van der Waals surface area contributed by atoms with Crippen LogP contribution in [0.5, 0.6) is 5.75 Å². The number of carboxylic acids is 1. The molecule has 0 spiro atoms. The summed E-state index contributed by atoms with van der Waals surface area (Å²) in [6.07, 6.45) is 10.2. The van der Waals surface area contributed by atoms with Crippen molar-refractivity contribution >= 4 is 11.9 Å². The molecule has 2 atom stereocenters. The van der Waals surface area contributed by atoms with Crippen LogP contribution in [0.3, 0.4) is 0 Å². The Hall–Kier alpha value is -2.37. The molecule has 0 aliphatic heterocycles. The van der Waals surface area contributed by atoms with E-state index in [1.54, 1.807) is 25.5 Å². The largest absolute Gasteiger partial charge is 0.497 e. The number of ether oxygens (including phenoxy) is 1. The number of carbonyl (C=O) groups excluding carboxylic acids is 1. The van der Waals surface area contributed by atoms with Crippen LogP contribution in [-0.4, -0.2) is 35.6 Å². The SMILES string of the molecule is COc1ccnc(C2(CNC(=O)[C@@H]3C=C[C@@H]3C(=O)O)CCCCC2)c1. The Morgan fingerprint density at radius 2 is 2.00 bits per heavy atom. The van der Waals surface area contributed by atoms with Gasteiger partial charge in [-0.3, -0.25) is 14.6 Å². The third kappa shape index (κ3) is 3.52. The molecule has 2 N–H and O–H groups in total. The van der Waals surface area contributed by atoms with Gasteiger partial charge < -0.3 is 15.2 Å². The average molecular weight is 344 g/mol. The van der Waals surface area contributed by atoms with Crippen LogP contribution in [0.15, 0.2) is 30.5 Å². The first-order valence-corrected chi connectivity index (χ1v) is 8.75. The minimum Gasteiger partial charge on any atom is -0.497 e. The van der Waals surface area contributed by atoms with Crippen LogP contribution in [0.1, 0.15) is 37.8 Å². The van der Waals surface area contributed by atoms with Gasteiger partial charge in [0, 0.05) is 24.2 Å². The maximum Gasteiger partial charge on any atom is 0.311 e. The Labute approximate surface area is 147 Å². The zero-order chi connectivity index (χ0) is 17.9. The summed E-state index contributed by atoms with van der Waals surface area (Å²) >= 11 is 0. The van der Waals surface area contributed by atoms with Crippen molar-refractivity contribution < 1.29 is 19.4 Å². The molecule has 6 heteroatoms. The van der Waals surface area contributed by atoms with Gasteiger partial charge in [0.05, 0.1) is 24.6 Å². The Bertz CT molecular complexity index is 680. The maximum absolute atomic E-state index is 12.4. The van der Waals surface area contributed by atoms with Gasteiger partial charge in [-0.25, -0.2) is 0 Å². The van der Waals surface area contributed by atoms with E-state index in [2.05, 4.69) is 10.3 Å². The molecule has 2 aliphatic carbocycles.